The number of hydrogen-bond donors (Lipinski definition) is 4. The van der Waals surface area contributed by atoms with Crippen molar-refractivity contribution in [2.24, 2.45) is 5.73 Å². The number of anilines is 2. The highest BCUT2D eigenvalue weighted by Crippen LogP contribution is 2.33. The summed E-state index contributed by atoms with van der Waals surface area (Å²) < 4.78 is 2.23. The first-order valence-electron chi connectivity index (χ1n) is 12.1. The Labute approximate surface area is 188 Å². The standard InChI is InChI=1S/C22H34N8O2/c23-14-5-7-15(8-6-14)26-21-27-19(25-16-9-11-29(12-10-16)22(31)32)18-20(28-21)30(13-24-18)17-3-1-2-4-17/h13-17H,1-12,23H2,(H,31,32)(H2,25,26,27,28). The SMILES string of the molecule is NC1CCC(Nc2nc(NC3CCN(C(=O)O)CC3)c3ncn(C4CCCC4)c3n2)CC1. The third-order valence-corrected chi connectivity index (χ3v) is 7.35. The van der Waals surface area contributed by atoms with Gasteiger partial charge >= 0.3 is 6.09 Å². The van der Waals surface area contributed by atoms with Gasteiger partial charge in [0.25, 0.3) is 0 Å². The largest absolute Gasteiger partial charge is 0.465 e. The number of piperidine rings is 1. The van der Waals surface area contributed by atoms with Gasteiger partial charge in [-0.25, -0.2) is 9.78 Å². The molecule has 2 aromatic heterocycles. The number of nitrogens with one attached hydrogen (secondary N) is 2. The van der Waals surface area contributed by atoms with Crippen molar-refractivity contribution in [1.29, 1.82) is 0 Å². The summed E-state index contributed by atoms with van der Waals surface area (Å²) in [5.41, 5.74) is 7.76. The number of carbonyl (C=O) groups is 1. The van der Waals surface area contributed by atoms with Crippen LogP contribution in [0.2, 0.25) is 0 Å². The van der Waals surface area contributed by atoms with Crippen molar-refractivity contribution in [1.82, 2.24) is 24.4 Å². The number of nitrogens with zero attached hydrogens (tertiary/aromatic N) is 5. The van der Waals surface area contributed by atoms with E-state index in [9.17, 15) is 9.90 Å². The number of nitrogens with two attached hydrogens (primary N) is 1. The van der Waals surface area contributed by atoms with Gasteiger partial charge in [-0.2, -0.15) is 9.97 Å². The second-order valence-electron chi connectivity index (χ2n) is 9.60. The van der Waals surface area contributed by atoms with Crippen molar-refractivity contribution >= 4 is 29.0 Å². The number of rotatable bonds is 5. The minimum absolute atomic E-state index is 0.167. The topological polar surface area (TPSA) is 134 Å². The predicted molar refractivity (Wildman–Crippen MR) is 123 cm³/mol. The molecule has 3 fully saturated rings. The van der Waals surface area contributed by atoms with Crippen LogP contribution in [0.1, 0.15) is 70.3 Å². The lowest BCUT2D eigenvalue weighted by Gasteiger charge is -2.31. The maximum atomic E-state index is 11.2. The Morgan fingerprint density at radius 2 is 1.66 bits per heavy atom. The van der Waals surface area contributed by atoms with Crippen LogP contribution in [0.5, 0.6) is 0 Å². The first kappa shape index (κ1) is 21.2. The van der Waals surface area contributed by atoms with E-state index in [0.717, 1.165) is 68.3 Å². The molecule has 10 nitrogen and oxygen atoms in total. The smallest absolute Gasteiger partial charge is 0.407 e. The van der Waals surface area contributed by atoms with Crippen molar-refractivity contribution in [2.75, 3.05) is 23.7 Å². The Kier molecular flexibility index (Phi) is 6.03. The minimum atomic E-state index is -0.845. The summed E-state index contributed by atoms with van der Waals surface area (Å²) in [5, 5.41) is 16.3. The molecule has 174 valence electrons. The summed E-state index contributed by atoms with van der Waals surface area (Å²) in [6.07, 6.45) is 11.5. The van der Waals surface area contributed by atoms with Crippen LogP contribution in [0.4, 0.5) is 16.6 Å². The van der Waals surface area contributed by atoms with Crippen molar-refractivity contribution in [2.45, 2.75) is 88.4 Å². The highest BCUT2D eigenvalue weighted by atomic mass is 16.4. The van der Waals surface area contributed by atoms with Gasteiger partial charge in [0.05, 0.1) is 6.33 Å². The van der Waals surface area contributed by atoms with E-state index in [0.29, 0.717) is 37.2 Å². The Hall–Kier alpha value is -2.62. The van der Waals surface area contributed by atoms with Crippen molar-refractivity contribution in [3.63, 3.8) is 0 Å². The first-order valence-corrected chi connectivity index (χ1v) is 12.1. The summed E-state index contributed by atoms with van der Waals surface area (Å²) in [6.45, 7) is 1.07. The molecule has 3 heterocycles. The van der Waals surface area contributed by atoms with Crippen LogP contribution in [-0.2, 0) is 0 Å². The molecule has 10 heteroatoms. The third kappa shape index (κ3) is 4.46. The van der Waals surface area contributed by atoms with Crippen LogP contribution in [0.3, 0.4) is 0 Å². The van der Waals surface area contributed by atoms with Gasteiger partial charge in [0.1, 0.15) is 0 Å². The van der Waals surface area contributed by atoms with Gasteiger partial charge in [-0.15, -0.1) is 0 Å². The lowest BCUT2D eigenvalue weighted by Crippen LogP contribution is -2.41. The second kappa shape index (κ2) is 9.09. The molecule has 32 heavy (non-hydrogen) atoms. The van der Waals surface area contributed by atoms with Gasteiger partial charge in [0, 0.05) is 37.3 Å². The van der Waals surface area contributed by atoms with Gasteiger partial charge in [-0.3, -0.25) is 0 Å². The summed E-state index contributed by atoms with van der Waals surface area (Å²) in [7, 11) is 0. The molecule has 1 aliphatic heterocycles. The monoisotopic (exact) mass is 442 g/mol. The Balaban J connectivity index is 1.40. The highest BCUT2D eigenvalue weighted by Gasteiger charge is 2.26. The van der Waals surface area contributed by atoms with E-state index in [-0.39, 0.29) is 6.04 Å². The lowest BCUT2D eigenvalue weighted by atomic mass is 9.92. The van der Waals surface area contributed by atoms with Gasteiger partial charge in [-0.05, 0) is 51.4 Å². The molecule has 5 N–H and O–H groups in total. The van der Waals surface area contributed by atoms with Crippen LogP contribution in [0, 0.1) is 0 Å². The second-order valence-corrected chi connectivity index (χ2v) is 9.60. The zero-order valence-corrected chi connectivity index (χ0v) is 18.5. The Morgan fingerprint density at radius 3 is 2.34 bits per heavy atom. The number of imidazole rings is 1. The molecule has 0 atom stereocenters. The molecule has 3 aliphatic rings. The van der Waals surface area contributed by atoms with Crippen LogP contribution in [0.25, 0.3) is 11.2 Å². The maximum absolute atomic E-state index is 11.2. The van der Waals surface area contributed by atoms with Gasteiger partial charge < -0.3 is 30.9 Å². The zero-order chi connectivity index (χ0) is 22.1. The molecule has 0 radical (unpaired) electrons. The van der Waals surface area contributed by atoms with Crippen molar-refractivity contribution < 1.29 is 9.90 Å². The van der Waals surface area contributed by atoms with Crippen LogP contribution in [0.15, 0.2) is 6.33 Å². The van der Waals surface area contributed by atoms with Crippen LogP contribution < -0.4 is 16.4 Å². The van der Waals surface area contributed by atoms with E-state index in [1.807, 2.05) is 6.33 Å². The molecule has 0 aromatic carbocycles. The molecule has 2 aliphatic carbocycles. The molecule has 5 rings (SSSR count). The average Bonchev–Trinajstić information content (AvgIpc) is 3.46. The molecule has 2 saturated carbocycles. The molecular formula is C22H34N8O2. The Bertz CT molecular complexity index is 941. The number of hydrogen-bond acceptors (Lipinski definition) is 7. The van der Waals surface area contributed by atoms with E-state index < -0.39 is 6.09 Å². The molecule has 2 aromatic rings. The molecule has 1 amide bonds. The molecule has 0 spiro atoms. The van der Waals surface area contributed by atoms with Crippen LogP contribution >= 0.6 is 0 Å². The average molecular weight is 443 g/mol. The fraction of sp³-hybridized carbons (Fsp3) is 0.727. The van der Waals surface area contributed by atoms with E-state index >= 15 is 0 Å². The number of likely N-dealkylation sites (tertiary alicyclic amines) is 1. The highest BCUT2D eigenvalue weighted by molar-refractivity contribution is 5.84. The van der Waals surface area contributed by atoms with E-state index in [4.69, 9.17) is 20.7 Å². The summed E-state index contributed by atoms with van der Waals surface area (Å²) in [5.74, 6) is 1.39. The fourth-order valence-electron chi connectivity index (χ4n) is 5.39. The summed E-state index contributed by atoms with van der Waals surface area (Å²) in [4.78, 5) is 27.1. The lowest BCUT2D eigenvalue weighted by molar-refractivity contribution is 0.134. The third-order valence-electron chi connectivity index (χ3n) is 7.35. The van der Waals surface area contributed by atoms with Crippen molar-refractivity contribution in [3.8, 4) is 0 Å². The minimum Gasteiger partial charge on any atom is -0.465 e. The first-order chi connectivity index (χ1) is 15.6. The summed E-state index contributed by atoms with van der Waals surface area (Å²) in [6, 6.07) is 1.25. The Morgan fingerprint density at radius 1 is 0.969 bits per heavy atom. The quantitative estimate of drug-likeness (QED) is 0.555. The molecule has 0 unspecified atom stereocenters. The van der Waals surface area contributed by atoms with Gasteiger partial charge in [0.15, 0.2) is 17.0 Å². The van der Waals surface area contributed by atoms with Gasteiger partial charge in [-0.1, -0.05) is 12.8 Å². The van der Waals surface area contributed by atoms with E-state index in [1.165, 1.54) is 17.7 Å². The molecular weight excluding hydrogens is 408 g/mol. The van der Waals surface area contributed by atoms with Crippen LogP contribution in [-0.4, -0.2) is 66.8 Å². The predicted octanol–water partition coefficient (Wildman–Crippen LogP) is 3.18. The molecule has 1 saturated heterocycles. The maximum Gasteiger partial charge on any atom is 0.407 e. The number of amides is 1. The number of carboxylic acid groups (broad SMARTS) is 1. The van der Waals surface area contributed by atoms with E-state index in [2.05, 4.69) is 15.2 Å². The fourth-order valence-corrected chi connectivity index (χ4v) is 5.39. The molecule has 0 bridgehead atoms. The summed E-state index contributed by atoms with van der Waals surface area (Å²) >= 11 is 0. The van der Waals surface area contributed by atoms with Crippen molar-refractivity contribution in [3.05, 3.63) is 6.33 Å². The van der Waals surface area contributed by atoms with Gasteiger partial charge in [0.2, 0.25) is 5.95 Å². The van der Waals surface area contributed by atoms with E-state index in [1.54, 1.807) is 0 Å². The number of aromatic nitrogens is 4. The normalized spacial score (nSPS) is 25.3. The number of fused-ring (bicyclic) bond motifs is 1. The zero-order valence-electron chi connectivity index (χ0n) is 18.5.